The van der Waals surface area contributed by atoms with Crippen molar-refractivity contribution in [3.05, 3.63) is 23.3 Å². The number of aliphatic hydroxyl groups excluding tert-OH is 1. The van der Waals surface area contributed by atoms with Crippen LogP contribution in [0.15, 0.2) is 12.1 Å². The number of hydrogen-bond donors (Lipinski definition) is 2. The number of aliphatic hydroxyl groups is 1. The summed E-state index contributed by atoms with van der Waals surface area (Å²) in [5.41, 5.74) is 2.70. The molecule has 0 atom stereocenters. The molecule has 0 unspecified atom stereocenters. The molecule has 64 valence electrons. The molecule has 0 bridgehead atoms. The molecule has 1 aliphatic heterocycles. The second-order valence-corrected chi connectivity index (χ2v) is 3.03. The molecular formula is C8H8B2O3. The van der Waals surface area contributed by atoms with Crippen LogP contribution in [0.3, 0.4) is 0 Å². The van der Waals surface area contributed by atoms with Crippen LogP contribution in [0, 0.1) is 0 Å². The Labute approximate surface area is 77.9 Å². The highest BCUT2D eigenvalue weighted by Gasteiger charge is 2.28. The van der Waals surface area contributed by atoms with Crippen LogP contribution in [-0.2, 0) is 17.9 Å². The van der Waals surface area contributed by atoms with E-state index < -0.39 is 7.12 Å². The van der Waals surface area contributed by atoms with Crippen molar-refractivity contribution in [2.24, 2.45) is 0 Å². The molecule has 0 amide bonds. The van der Waals surface area contributed by atoms with E-state index in [1.54, 1.807) is 12.1 Å². The second kappa shape index (κ2) is 3.18. The summed E-state index contributed by atoms with van der Waals surface area (Å²) < 4.78 is 5.00. The van der Waals surface area contributed by atoms with Crippen molar-refractivity contribution >= 4 is 25.9 Å². The van der Waals surface area contributed by atoms with E-state index in [9.17, 15) is 5.02 Å². The maximum Gasteiger partial charge on any atom is 0.491 e. The maximum absolute atomic E-state index is 9.33. The van der Waals surface area contributed by atoms with E-state index in [1.165, 1.54) is 0 Å². The lowest BCUT2D eigenvalue weighted by atomic mass is 9.74. The van der Waals surface area contributed by atoms with Crippen LogP contribution in [0.5, 0.6) is 0 Å². The molecule has 1 aromatic carbocycles. The first-order valence-electron chi connectivity index (χ1n) is 4.04. The molecule has 13 heavy (non-hydrogen) atoms. The molecule has 0 aromatic heterocycles. The van der Waals surface area contributed by atoms with Gasteiger partial charge in [0, 0.05) is 0 Å². The third-order valence-corrected chi connectivity index (χ3v) is 2.31. The molecule has 2 N–H and O–H groups in total. The first-order valence-corrected chi connectivity index (χ1v) is 4.04. The summed E-state index contributed by atoms with van der Waals surface area (Å²) in [5, 5.41) is 18.3. The molecule has 1 heterocycles. The van der Waals surface area contributed by atoms with E-state index >= 15 is 0 Å². The van der Waals surface area contributed by atoms with Gasteiger partial charge in [-0.3, -0.25) is 0 Å². The topological polar surface area (TPSA) is 49.7 Å². The van der Waals surface area contributed by atoms with E-state index in [2.05, 4.69) is 0 Å². The number of rotatable bonds is 1. The van der Waals surface area contributed by atoms with E-state index in [0.717, 1.165) is 5.56 Å². The van der Waals surface area contributed by atoms with Gasteiger partial charge in [-0.2, -0.15) is 0 Å². The maximum atomic E-state index is 9.33. The normalized spacial score (nSPS) is 14.8. The van der Waals surface area contributed by atoms with Gasteiger partial charge in [0.25, 0.3) is 0 Å². The van der Waals surface area contributed by atoms with Crippen molar-refractivity contribution < 1.29 is 14.8 Å². The minimum Gasteiger partial charge on any atom is -0.423 e. The largest absolute Gasteiger partial charge is 0.491 e. The molecule has 0 saturated carbocycles. The number of fused-ring (bicyclic) bond motifs is 1. The summed E-state index contributed by atoms with van der Waals surface area (Å²) in [4.78, 5) is 0. The van der Waals surface area contributed by atoms with Crippen molar-refractivity contribution in [1.82, 2.24) is 0 Å². The zero-order valence-electron chi connectivity index (χ0n) is 7.03. The standard InChI is InChI=1S/C8H8B2O3/c9-8-5(3-11)1-2-7-6(8)4-13-10(7)12/h1-2,11-12H,3-4H2. The molecule has 2 radical (unpaired) electrons. The molecular weight excluding hydrogens is 166 g/mol. The van der Waals surface area contributed by atoms with Gasteiger partial charge in [-0.15, -0.1) is 0 Å². The van der Waals surface area contributed by atoms with Gasteiger partial charge in [-0.05, 0) is 16.6 Å². The van der Waals surface area contributed by atoms with Crippen LogP contribution in [-0.4, -0.2) is 25.1 Å². The summed E-state index contributed by atoms with van der Waals surface area (Å²) in [5.74, 6) is 0. The van der Waals surface area contributed by atoms with Gasteiger partial charge in [0.05, 0.1) is 13.2 Å². The lowest BCUT2D eigenvalue weighted by Crippen LogP contribution is -2.32. The average Bonchev–Trinajstić information content (AvgIpc) is 2.50. The summed E-state index contributed by atoms with van der Waals surface area (Å²) in [7, 11) is 4.89. The van der Waals surface area contributed by atoms with Crippen molar-refractivity contribution in [3.8, 4) is 0 Å². The fourth-order valence-electron chi connectivity index (χ4n) is 1.51. The Morgan fingerprint density at radius 3 is 3.00 bits per heavy atom. The summed E-state index contributed by atoms with van der Waals surface area (Å²) >= 11 is 0. The van der Waals surface area contributed by atoms with E-state index in [1.807, 2.05) is 0 Å². The average molecular weight is 174 g/mol. The zero-order chi connectivity index (χ0) is 9.42. The second-order valence-electron chi connectivity index (χ2n) is 3.03. The van der Waals surface area contributed by atoms with Gasteiger partial charge >= 0.3 is 7.12 Å². The smallest absolute Gasteiger partial charge is 0.423 e. The molecule has 0 spiro atoms. The molecule has 3 nitrogen and oxygen atoms in total. The van der Waals surface area contributed by atoms with Crippen molar-refractivity contribution in [2.75, 3.05) is 0 Å². The monoisotopic (exact) mass is 174 g/mol. The lowest BCUT2D eigenvalue weighted by molar-refractivity contribution is 0.274. The minimum absolute atomic E-state index is 0.0881. The van der Waals surface area contributed by atoms with Crippen molar-refractivity contribution in [1.29, 1.82) is 0 Å². The highest BCUT2D eigenvalue weighted by molar-refractivity contribution is 6.62. The van der Waals surface area contributed by atoms with Gasteiger partial charge < -0.3 is 14.8 Å². The third-order valence-electron chi connectivity index (χ3n) is 2.31. The number of benzene rings is 1. The fourth-order valence-corrected chi connectivity index (χ4v) is 1.51. The van der Waals surface area contributed by atoms with Crippen LogP contribution in [0.25, 0.3) is 0 Å². The Balaban J connectivity index is 2.54. The molecule has 0 fully saturated rings. The van der Waals surface area contributed by atoms with Gasteiger partial charge in [0.1, 0.15) is 7.85 Å². The first-order chi connectivity index (χ1) is 6.24. The molecule has 2 rings (SSSR count). The Kier molecular flexibility index (Phi) is 2.15. The van der Waals surface area contributed by atoms with Crippen molar-refractivity contribution in [3.63, 3.8) is 0 Å². The van der Waals surface area contributed by atoms with E-state index in [-0.39, 0.29) is 6.61 Å². The predicted molar refractivity (Wildman–Crippen MR) is 50.1 cm³/mol. The Morgan fingerprint density at radius 2 is 2.31 bits per heavy atom. The van der Waals surface area contributed by atoms with Crippen LogP contribution in [0.2, 0.25) is 0 Å². The molecule has 5 heteroatoms. The zero-order valence-corrected chi connectivity index (χ0v) is 7.03. The Hall–Kier alpha value is -0.770. The Morgan fingerprint density at radius 1 is 1.54 bits per heavy atom. The van der Waals surface area contributed by atoms with Gasteiger partial charge in [-0.25, -0.2) is 0 Å². The van der Waals surface area contributed by atoms with Gasteiger partial charge in [0.15, 0.2) is 0 Å². The van der Waals surface area contributed by atoms with Crippen LogP contribution in [0.4, 0.5) is 0 Å². The predicted octanol–water partition coefficient (Wildman–Crippen LogP) is -1.81. The number of hydrogen-bond acceptors (Lipinski definition) is 3. The minimum atomic E-state index is -0.870. The van der Waals surface area contributed by atoms with Crippen LogP contribution in [0.1, 0.15) is 11.1 Å². The summed E-state index contributed by atoms with van der Waals surface area (Å²) in [6.07, 6.45) is 0. The van der Waals surface area contributed by atoms with Crippen LogP contribution >= 0.6 is 0 Å². The van der Waals surface area contributed by atoms with E-state index in [4.69, 9.17) is 17.6 Å². The lowest BCUT2D eigenvalue weighted by Gasteiger charge is -2.07. The summed E-state index contributed by atoms with van der Waals surface area (Å²) in [6.45, 7) is 0.228. The highest BCUT2D eigenvalue weighted by atomic mass is 16.5. The first kappa shape index (κ1) is 8.81. The quantitative estimate of drug-likeness (QED) is 0.493. The summed E-state index contributed by atoms with van der Waals surface area (Å²) in [6, 6.07) is 3.43. The molecule has 1 aliphatic rings. The van der Waals surface area contributed by atoms with Gasteiger partial charge in [0.2, 0.25) is 0 Å². The Bertz CT molecular complexity index is 340. The van der Waals surface area contributed by atoms with E-state index in [0.29, 0.717) is 23.1 Å². The molecule has 0 saturated heterocycles. The van der Waals surface area contributed by atoms with Crippen LogP contribution < -0.4 is 10.9 Å². The van der Waals surface area contributed by atoms with Crippen molar-refractivity contribution in [2.45, 2.75) is 13.2 Å². The molecule has 0 aliphatic carbocycles. The SMILES string of the molecule is [B]c1c(CO)ccc2c1COB2O. The highest BCUT2D eigenvalue weighted by Crippen LogP contribution is 2.08. The fraction of sp³-hybridized carbons (Fsp3) is 0.250. The third kappa shape index (κ3) is 1.29. The van der Waals surface area contributed by atoms with Gasteiger partial charge in [-0.1, -0.05) is 17.6 Å². The molecule has 1 aromatic rings.